The molecular weight excluding hydrogens is 481 g/mol. The van der Waals surface area contributed by atoms with E-state index < -0.39 is 17.7 Å². The van der Waals surface area contributed by atoms with E-state index in [0.29, 0.717) is 12.4 Å². The molecule has 0 saturated heterocycles. The molecule has 1 amide bonds. The van der Waals surface area contributed by atoms with E-state index in [-0.39, 0.29) is 29.4 Å². The number of carbonyl (C=O) groups excluding carboxylic acids is 1. The number of aromatic amines is 1. The van der Waals surface area contributed by atoms with Crippen LogP contribution in [0.25, 0.3) is 10.9 Å². The number of rotatable bonds is 10. The molecule has 0 saturated carbocycles. The topological polar surface area (TPSA) is 110 Å². The Morgan fingerprint density at radius 3 is 2.68 bits per heavy atom. The molecule has 0 radical (unpaired) electrons. The van der Waals surface area contributed by atoms with Gasteiger partial charge in [0.1, 0.15) is 12.2 Å². The summed E-state index contributed by atoms with van der Waals surface area (Å²) in [5, 5.41) is 7.17. The number of halogens is 2. The maximum atomic E-state index is 12.2. The van der Waals surface area contributed by atoms with Gasteiger partial charge in [-0.15, -0.1) is 0 Å². The van der Waals surface area contributed by atoms with E-state index in [1.54, 1.807) is 20.8 Å². The predicted octanol–water partition coefficient (Wildman–Crippen LogP) is 4.84. The lowest BCUT2D eigenvalue weighted by Gasteiger charge is -2.24. The molecule has 2 heterocycles. The van der Waals surface area contributed by atoms with Crippen molar-refractivity contribution in [1.82, 2.24) is 20.3 Å². The highest BCUT2D eigenvalue weighted by Crippen LogP contribution is 2.31. The molecule has 2 aromatic heterocycles. The summed E-state index contributed by atoms with van der Waals surface area (Å²) < 4.78 is 16.4. The van der Waals surface area contributed by atoms with Crippen LogP contribution in [-0.2, 0) is 15.9 Å². The Bertz CT molecular complexity index is 1120. The summed E-state index contributed by atoms with van der Waals surface area (Å²) >= 11 is 12.3. The number of aromatic nitrogens is 3. The molecule has 3 aromatic rings. The molecule has 0 spiro atoms. The van der Waals surface area contributed by atoms with Gasteiger partial charge in [0.25, 0.3) is 0 Å². The standard InChI is InChI=1S/C23H29Cl2N5O4/c1-23(2,3)34-22(31)28-15(12-32-4)13-33-18-19(24)29-21(25)30-20(18)26-10-9-14-11-27-17-8-6-5-7-16(14)17/h5-8,11,15,27H,9-10,12-13H2,1-4H3,(H,28,31)(H,26,29,30). The van der Waals surface area contributed by atoms with E-state index in [0.717, 1.165) is 17.3 Å². The van der Waals surface area contributed by atoms with Crippen molar-refractivity contribution in [2.24, 2.45) is 0 Å². The molecular formula is C23H29Cl2N5O4. The molecule has 1 atom stereocenters. The second-order valence-corrected chi connectivity index (χ2v) is 9.30. The SMILES string of the molecule is COCC(COc1c(Cl)nc(Cl)nc1NCCc1c[nH]c2ccccc12)NC(=O)OC(C)(C)C. The summed E-state index contributed by atoms with van der Waals surface area (Å²) in [6, 6.07) is 7.60. The number of fused-ring (bicyclic) bond motifs is 1. The summed E-state index contributed by atoms with van der Waals surface area (Å²) in [6.45, 7) is 6.16. The molecule has 3 N–H and O–H groups in total. The van der Waals surface area contributed by atoms with Crippen molar-refractivity contribution < 1.29 is 19.0 Å². The van der Waals surface area contributed by atoms with E-state index in [1.165, 1.54) is 12.7 Å². The zero-order valence-corrected chi connectivity index (χ0v) is 21.1. The van der Waals surface area contributed by atoms with Crippen LogP contribution in [0.15, 0.2) is 30.5 Å². The monoisotopic (exact) mass is 509 g/mol. The Balaban J connectivity index is 1.66. The van der Waals surface area contributed by atoms with Gasteiger partial charge in [0.15, 0.2) is 16.7 Å². The number of alkyl carbamates (subject to hydrolysis) is 1. The Morgan fingerprint density at radius 1 is 1.18 bits per heavy atom. The minimum absolute atomic E-state index is 0.00716. The maximum absolute atomic E-state index is 12.2. The van der Waals surface area contributed by atoms with Crippen LogP contribution in [0.4, 0.5) is 10.6 Å². The minimum Gasteiger partial charge on any atom is -0.485 e. The van der Waals surface area contributed by atoms with Gasteiger partial charge in [-0.1, -0.05) is 29.8 Å². The molecule has 1 aromatic carbocycles. The number of hydrogen-bond donors (Lipinski definition) is 3. The highest BCUT2D eigenvalue weighted by atomic mass is 35.5. The average Bonchev–Trinajstić information content (AvgIpc) is 3.15. The van der Waals surface area contributed by atoms with Gasteiger partial charge in [0.05, 0.1) is 12.6 Å². The molecule has 9 nitrogen and oxygen atoms in total. The summed E-state index contributed by atoms with van der Waals surface area (Å²) in [4.78, 5) is 23.6. The number of benzene rings is 1. The number of amides is 1. The quantitative estimate of drug-likeness (QED) is 0.265. The Labute approximate surface area is 208 Å². The molecule has 11 heteroatoms. The second kappa shape index (κ2) is 11.6. The molecule has 0 aliphatic carbocycles. The average molecular weight is 510 g/mol. The third-order valence-electron chi connectivity index (χ3n) is 4.68. The summed E-state index contributed by atoms with van der Waals surface area (Å²) in [5.41, 5.74) is 1.62. The lowest BCUT2D eigenvalue weighted by molar-refractivity contribution is 0.0438. The molecule has 0 fully saturated rings. The molecule has 184 valence electrons. The number of H-pyrrole nitrogens is 1. The van der Waals surface area contributed by atoms with Crippen molar-refractivity contribution >= 4 is 46.0 Å². The Morgan fingerprint density at radius 2 is 1.94 bits per heavy atom. The van der Waals surface area contributed by atoms with Crippen LogP contribution in [0.1, 0.15) is 26.3 Å². The summed E-state index contributed by atoms with van der Waals surface area (Å²) in [5.74, 6) is 0.593. The fraction of sp³-hybridized carbons (Fsp3) is 0.435. The lowest BCUT2D eigenvalue weighted by atomic mass is 10.1. The van der Waals surface area contributed by atoms with Crippen molar-refractivity contribution in [2.45, 2.75) is 38.8 Å². The third-order valence-corrected chi connectivity index (χ3v) is 5.10. The fourth-order valence-corrected chi connectivity index (χ4v) is 3.73. The van der Waals surface area contributed by atoms with Gasteiger partial charge in [-0.3, -0.25) is 0 Å². The highest BCUT2D eigenvalue weighted by Gasteiger charge is 2.22. The first-order valence-corrected chi connectivity index (χ1v) is 11.5. The molecule has 34 heavy (non-hydrogen) atoms. The number of nitrogens with one attached hydrogen (secondary N) is 3. The summed E-state index contributed by atoms with van der Waals surface area (Å²) in [7, 11) is 1.53. The van der Waals surface area contributed by atoms with Crippen molar-refractivity contribution in [2.75, 3.05) is 32.2 Å². The van der Waals surface area contributed by atoms with Crippen molar-refractivity contribution in [3.8, 4) is 5.75 Å². The van der Waals surface area contributed by atoms with E-state index in [9.17, 15) is 4.79 Å². The van der Waals surface area contributed by atoms with E-state index in [4.69, 9.17) is 37.4 Å². The number of methoxy groups -OCH3 is 1. The Hall–Kier alpha value is -2.75. The largest absolute Gasteiger partial charge is 0.485 e. The van der Waals surface area contributed by atoms with Crippen molar-refractivity contribution in [3.05, 3.63) is 46.5 Å². The zero-order chi connectivity index (χ0) is 24.7. The molecule has 1 unspecified atom stereocenters. The highest BCUT2D eigenvalue weighted by molar-refractivity contribution is 6.33. The molecule has 3 rings (SSSR count). The van der Waals surface area contributed by atoms with Crippen molar-refractivity contribution in [3.63, 3.8) is 0 Å². The number of hydrogen-bond acceptors (Lipinski definition) is 7. The van der Waals surface area contributed by atoms with Gasteiger partial charge < -0.3 is 29.8 Å². The minimum atomic E-state index is -0.627. The number of para-hydroxylation sites is 1. The molecule has 0 aliphatic rings. The van der Waals surface area contributed by atoms with Crippen LogP contribution in [0.2, 0.25) is 10.4 Å². The first-order valence-electron chi connectivity index (χ1n) is 10.8. The van der Waals surface area contributed by atoms with Gasteiger partial charge >= 0.3 is 6.09 Å². The van der Waals surface area contributed by atoms with Gasteiger partial charge in [-0.2, -0.15) is 4.98 Å². The Kier molecular flexibility index (Phi) is 8.82. The molecule has 0 aliphatic heterocycles. The number of anilines is 1. The van der Waals surface area contributed by atoms with Gasteiger partial charge in [-0.05, 0) is 50.4 Å². The van der Waals surface area contributed by atoms with Crippen molar-refractivity contribution in [1.29, 1.82) is 0 Å². The van der Waals surface area contributed by atoms with Crippen LogP contribution in [-0.4, -0.2) is 59.6 Å². The lowest BCUT2D eigenvalue weighted by Crippen LogP contribution is -2.44. The zero-order valence-electron chi connectivity index (χ0n) is 19.6. The maximum Gasteiger partial charge on any atom is 0.408 e. The van der Waals surface area contributed by atoms with Crippen LogP contribution < -0.4 is 15.4 Å². The normalized spacial score (nSPS) is 12.4. The van der Waals surface area contributed by atoms with E-state index in [2.05, 4.69) is 31.7 Å². The van der Waals surface area contributed by atoms with Crippen LogP contribution in [0.3, 0.4) is 0 Å². The first kappa shape index (κ1) is 25.9. The summed E-state index contributed by atoms with van der Waals surface area (Å²) in [6.07, 6.45) is 2.14. The van der Waals surface area contributed by atoms with E-state index in [1.807, 2.05) is 24.4 Å². The predicted molar refractivity (Wildman–Crippen MR) is 133 cm³/mol. The van der Waals surface area contributed by atoms with Crippen LogP contribution in [0.5, 0.6) is 5.75 Å². The fourth-order valence-electron chi connectivity index (χ4n) is 3.29. The molecule has 0 bridgehead atoms. The third kappa shape index (κ3) is 7.38. The van der Waals surface area contributed by atoms with Gasteiger partial charge in [-0.25, -0.2) is 9.78 Å². The smallest absolute Gasteiger partial charge is 0.408 e. The van der Waals surface area contributed by atoms with Gasteiger partial charge in [0, 0.05) is 30.8 Å². The van der Waals surface area contributed by atoms with E-state index >= 15 is 0 Å². The first-order chi connectivity index (χ1) is 16.2. The number of carbonyl (C=O) groups is 1. The second-order valence-electron chi connectivity index (χ2n) is 8.61. The number of nitrogens with zero attached hydrogens (tertiary/aromatic N) is 2. The number of ether oxygens (including phenoxy) is 3. The van der Waals surface area contributed by atoms with Crippen LogP contribution in [0, 0.1) is 0 Å². The van der Waals surface area contributed by atoms with Gasteiger partial charge in [0.2, 0.25) is 5.28 Å². The van der Waals surface area contributed by atoms with Crippen LogP contribution >= 0.6 is 23.2 Å².